The zero-order chi connectivity index (χ0) is 12.4. The second-order valence-corrected chi connectivity index (χ2v) is 4.79. The van der Waals surface area contributed by atoms with E-state index in [1.165, 1.54) is 11.8 Å². The topological polar surface area (TPSA) is 58.1 Å². The standard InChI is InChI=1S/C11H16N4OS/c1-7-8(2)13-11(17-3)14-10(7)15-5-4-12-9(16)6-15/h4-6H2,1-3H3,(H,12,16). The van der Waals surface area contributed by atoms with Crippen LogP contribution in [0.2, 0.25) is 0 Å². The van der Waals surface area contributed by atoms with Crippen LogP contribution >= 0.6 is 11.8 Å². The molecule has 0 bridgehead atoms. The molecule has 0 unspecified atom stereocenters. The van der Waals surface area contributed by atoms with Crippen LogP contribution in [0.1, 0.15) is 11.3 Å². The molecule has 0 atom stereocenters. The van der Waals surface area contributed by atoms with Crippen LogP contribution in [0, 0.1) is 13.8 Å². The fourth-order valence-electron chi connectivity index (χ4n) is 1.81. The van der Waals surface area contributed by atoms with E-state index in [9.17, 15) is 4.79 Å². The molecule has 1 aromatic rings. The maximum Gasteiger partial charge on any atom is 0.239 e. The number of thioether (sulfide) groups is 1. The smallest absolute Gasteiger partial charge is 0.239 e. The van der Waals surface area contributed by atoms with Crippen molar-refractivity contribution >= 4 is 23.5 Å². The van der Waals surface area contributed by atoms with Gasteiger partial charge in [0.2, 0.25) is 5.91 Å². The molecule has 1 N–H and O–H groups in total. The highest BCUT2D eigenvalue weighted by molar-refractivity contribution is 7.98. The largest absolute Gasteiger partial charge is 0.353 e. The Hall–Kier alpha value is -1.30. The Morgan fingerprint density at radius 1 is 1.35 bits per heavy atom. The lowest BCUT2D eigenvalue weighted by Gasteiger charge is -2.29. The number of carbonyl (C=O) groups is 1. The van der Waals surface area contributed by atoms with Gasteiger partial charge in [0.25, 0.3) is 0 Å². The third-order valence-electron chi connectivity index (χ3n) is 2.86. The van der Waals surface area contributed by atoms with Gasteiger partial charge >= 0.3 is 0 Å². The lowest BCUT2D eigenvalue weighted by molar-refractivity contribution is -0.120. The summed E-state index contributed by atoms with van der Waals surface area (Å²) in [5.74, 6) is 0.939. The zero-order valence-electron chi connectivity index (χ0n) is 10.3. The van der Waals surface area contributed by atoms with Gasteiger partial charge in [-0.15, -0.1) is 0 Å². The number of carbonyl (C=O) groups excluding carboxylic acids is 1. The third kappa shape index (κ3) is 2.52. The quantitative estimate of drug-likeness (QED) is 0.622. The van der Waals surface area contributed by atoms with Crippen molar-refractivity contribution in [1.82, 2.24) is 15.3 Å². The molecule has 5 nitrogen and oxygen atoms in total. The lowest BCUT2D eigenvalue weighted by Crippen LogP contribution is -2.48. The number of hydrogen-bond acceptors (Lipinski definition) is 5. The van der Waals surface area contributed by atoms with Crippen LogP contribution in [0.25, 0.3) is 0 Å². The summed E-state index contributed by atoms with van der Waals surface area (Å²) in [7, 11) is 0. The molecule has 2 heterocycles. The van der Waals surface area contributed by atoms with E-state index < -0.39 is 0 Å². The Morgan fingerprint density at radius 3 is 2.76 bits per heavy atom. The summed E-state index contributed by atoms with van der Waals surface area (Å²) >= 11 is 1.52. The van der Waals surface area contributed by atoms with Crippen LogP contribution in [0.3, 0.4) is 0 Å². The second-order valence-electron chi connectivity index (χ2n) is 4.02. The molecule has 2 rings (SSSR count). The van der Waals surface area contributed by atoms with Crippen molar-refractivity contribution in [3.05, 3.63) is 11.3 Å². The van der Waals surface area contributed by atoms with Crippen molar-refractivity contribution in [3.63, 3.8) is 0 Å². The van der Waals surface area contributed by atoms with Gasteiger partial charge < -0.3 is 10.2 Å². The van der Waals surface area contributed by atoms with Gasteiger partial charge in [0.15, 0.2) is 5.16 Å². The van der Waals surface area contributed by atoms with Crippen LogP contribution in [-0.4, -0.2) is 41.8 Å². The molecule has 1 amide bonds. The van der Waals surface area contributed by atoms with Crippen LogP contribution < -0.4 is 10.2 Å². The van der Waals surface area contributed by atoms with Crippen LogP contribution in [0.15, 0.2) is 5.16 Å². The molecule has 92 valence electrons. The number of piperazine rings is 1. The number of nitrogens with zero attached hydrogens (tertiary/aromatic N) is 3. The van der Waals surface area contributed by atoms with E-state index >= 15 is 0 Å². The first kappa shape index (κ1) is 12.2. The predicted octanol–water partition coefficient (Wildman–Crippen LogP) is 0.752. The van der Waals surface area contributed by atoms with E-state index in [0.29, 0.717) is 13.1 Å². The van der Waals surface area contributed by atoms with Gasteiger partial charge in [0.1, 0.15) is 5.82 Å². The molecular weight excluding hydrogens is 236 g/mol. The fourth-order valence-corrected chi connectivity index (χ4v) is 2.21. The maximum absolute atomic E-state index is 11.4. The zero-order valence-corrected chi connectivity index (χ0v) is 11.1. The van der Waals surface area contributed by atoms with Gasteiger partial charge in [-0.2, -0.15) is 0 Å². The Morgan fingerprint density at radius 2 is 2.12 bits per heavy atom. The van der Waals surface area contributed by atoms with E-state index in [1.54, 1.807) is 0 Å². The monoisotopic (exact) mass is 252 g/mol. The number of amides is 1. The van der Waals surface area contributed by atoms with Crippen molar-refractivity contribution in [2.45, 2.75) is 19.0 Å². The van der Waals surface area contributed by atoms with E-state index in [4.69, 9.17) is 0 Å². The first-order valence-corrected chi connectivity index (χ1v) is 6.75. The highest BCUT2D eigenvalue weighted by Gasteiger charge is 2.20. The SMILES string of the molecule is CSc1nc(C)c(C)c(N2CCNC(=O)C2)n1. The molecule has 0 radical (unpaired) electrons. The summed E-state index contributed by atoms with van der Waals surface area (Å²) in [6, 6.07) is 0. The van der Waals surface area contributed by atoms with Crippen molar-refractivity contribution in [3.8, 4) is 0 Å². The summed E-state index contributed by atoms with van der Waals surface area (Å²) in [5.41, 5.74) is 2.03. The van der Waals surface area contributed by atoms with Gasteiger partial charge in [-0.1, -0.05) is 11.8 Å². The van der Waals surface area contributed by atoms with Gasteiger partial charge in [-0.3, -0.25) is 4.79 Å². The van der Waals surface area contributed by atoms with Crippen LogP contribution in [0.5, 0.6) is 0 Å². The lowest BCUT2D eigenvalue weighted by atomic mass is 10.2. The maximum atomic E-state index is 11.4. The normalized spacial score (nSPS) is 15.9. The molecule has 1 saturated heterocycles. The number of hydrogen-bond donors (Lipinski definition) is 1. The molecule has 1 aromatic heterocycles. The average Bonchev–Trinajstić information content (AvgIpc) is 2.32. The van der Waals surface area contributed by atoms with Crippen molar-refractivity contribution < 1.29 is 4.79 Å². The first-order chi connectivity index (χ1) is 8.11. The molecule has 1 aliphatic rings. The Labute approximate surface area is 105 Å². The van der Waals surface area contributed by atoms with Gasteiger partial charge in [0.05, 0.1) is 6.54 Å². The van der Waals surface area contributed by atoms with E-state index in [1.807, 2.05) is 25.0 Å². The van der Waals surface area contributed by atoms with Crippen molar-refractivity contribution in [2.75, 3.05) is 30.8 Å². The minimum Gasteiger partial charge on any atom is -0.353 e. The summed E-state index contributed by atoms with van der Waals surface area (Å²) in [6.45, 7) is 5.84. The number of rotatable bonds is 2. The number of aromatic nitrogens is 2. The third-order valence-corrected chi connectivity index (χ3v) is 3.41. The Balaban J connectivity index is 2.36. The fraction of sp³-hybridized carbons (Fsp3) is 0.545. The molecule has 0 saturated carbocycles. The summed E-state index contributed by atoms with van der Waals surface area (Å²) in [6.07, 6.45) is 1.96. The molecule has 0 spiro atoms. The molecular formula is C11H16N4OS. The Kier molecular flexibility index (Phi) is 3.51. The minimum atomic E-state index is 0.0533. The van der Waals surface area contributed by atoms with Gasteiger partial charge in [-0.25, -0.2) is 9.97 Å². The molecule has 0 aliphatic carbocycles. The molecule has 0 aromatic carbocycles. The minimum absolute atomic E-state index is 0.0533. The van der Waals surface area contributed by atoms with E-state index in [0.717, 1.165) is 28.8 Å². The first-order valence-electron chi connectivity index (χ1n) is 5.52. The van der Waals surface area contributed by atoms with Crippen molar-refractivity contribution in [1.29, 1.82) is 0 Å². The van der Waals surface area contributed by atoms with E-state index in [-0.39, 0.29) is 5.91 Å². The predicted molar refractivity (Wildman–Crippen MR) is 68.5 cm³/mol. The second kappa shape index (κ2) is 4.91. The van der Waals surface area contributed by atoms with E-state index in [2.05, 4.69) is 15.3 Å². The summed E-state index contributed by atoms with van der Waals surface area (Å²) in [4.78, 5) is 22.3. The highest BCUT2D eigenvalue weighted by atomic mass is 32.2. The highest BCUT2D eigenvalue weighted by Crippen LogP contribution is 2.23. The van der Waals surface area contributed by atoms with Crippen LogP contribution in [-0.2, 0) is 4.79 Å². The number of nitrogens with one attached hydrogen (secondary N) is 1. The van der Waals surface area contributed by atoms with Crippen LogP contribution in [0.4, 0.5) is 5.82 Å². The van der Waals surface area contributed by atoms with Gasteiger partial charge in [-0.05, 0) is 20.1 Å². The molecule has 17 heavy (non-hydrogen) atoms. The molecule has 1 aliphatic heterocycles. The number of aryl methyl sites for hydroxylation is 1. The summed E-state index contributed by atoms with van der Waals surface area (Å²) in [5, 5.41) is 3.57. The van der Waals surface area contributed by atoms with Gasteiger partial charge in [0, 0.05) is 24.3 Å². The van der Waals surface area contributed by atoms with Crippen molar-refractivity contribution in [2.24, 2.45) is 0 Å². The molecule has 1 fully saturated rings. The molecule has 6 heteroatoms. The summed E-state index contributed by atoms with van der Waals surface area (Å²) < 4.78 is 0. The average molecular weight is 252 g/mol. The number of anilines is 1. The Bertz CT molecular complexity index is 449.